The van der Waals surface area contributed by atoms with Crippen LogP contribution in [-0.2, 0) is 9.47 Å². The molecule has 0 saturated carbocycles. The molecule has 0 aliphatic carbocycles. The number of ether oxygens (including phenoxy) is 3. The van der Waals surface area contributed by atoms with Crippen LogP contribution in [0.15, 0.2) is 36.9 Å². The molecule has 5 atom stereocenters. The van der Waals surface area contributed by atoms with Crippen LogP contribution in [0.5, 0.6) is 5.75 Å². The maximum absolute atomic E-state index is 10.7. The summed E-state index contributed by atoms with van der Waals surface area (Å²) < 4.78 is 18.8. The summed E-state index contributed by atoms with van der Waals surface area (Å²) in [6.45, 7) is 3.38. The standard InChI is InChI=1S/C21H25N5O5/c1-12-4-2-3-5-14(12)30-9-15-17(27)18(28)21(31-15)26-11-24-16-19(22-10-23-20(16)26)25-13-6-7-29-8-13/h2-5,10-11,13,15,17-18,21,27-28H,6-9H2,1H3,(H,22,23,25)/t13?,15-,17+,18+,21-/m1/s1. The van der Waals surface area contributed by atoms with Crippen LogP contribution in [0.3, 0.4) is 0 Å². The number of hydrogen-bond acceptors (Lipinski definition) is 9. The molecule has 10 nitrogen and oxygen atoms in total. The third-order valence-electron chi connectivity index (χ3n) is 5.74. The van der Waals surface area contributed by atoms with E-state index < -0.39 is 24.5 Å². The molecule has 1 aromatic carbocycles. The number of aliphatic hydroxyl groups is 2. The van der Waals surface area contributed by atoms with E-state index in [0.717, 1.165) is 12.0 Å². The highest BCUT2D eigenvalue weighted by atomic mass is 16.6. The second-order valence-electron chi connectivity index (χ2n) is 7.87. The van der Waals surface area contributed by atoms with Crippen LogP contribution < -0.4 is 10.1 Å². The van der Waals surface area contributed by atoms with Gasteiger partial charge >= 0.3 is 0 Å². The molecule has 31 heavy (non-hydrogen) atoms. The van der Waals surface area contributed by atoms with Gasteiger partial charge in [-0.3, -0.25) is 4.57 Å². The normalized spacial score (nSPS) is 28.3. The zero-order valence-electron chi connectivity index (χ0n) is 17.1. The number of aromatic nitrogens is 4. The third-order valence-corrected chi connectivity index (χ3v) is 5.74. The summed E-state index contributed by atoms with van der Waals surface area (Å²) in [6, 6.07) is 7.78. The quantitative estimate of drug-likeness (QED) is 0.529. The number of nitrogens with zero attached hydrogens (tertiary/aromatic N) is 4. The number of anilines is 1. The van der Waals surface area contributed by atoms with E-state index in [1.165, 1.54) is 6.33 Å². The van der Waals surface area contributed by atoms with Crippen molar-refractivity contribution in [3.05, 3.63) is 42.5 Å². The summed E-state index contributed by atoms with van der Waals surface area (Å²) in [4.78, 5) is 13.1. The number of para-hydroxylation sites is 1. The Hall–Kier alpha value is -2.79. The van der Waals surface area contributed by atoms with Crippen LogP contribution in [0.1, 0.15) is 18.2 Å². The second-order valence-corrected chi connectivity index (χ2v) is 7.87. The molecule has 2 aromatic heterocycles. The van der Waals surface area contributed by atoms with Crippen LogP contribution in [0.2, 0.25) is 0 Å². The van der Waals surface area contributed by atoms with Crippen LogP contribution in [-0.4, -0.2) is 73.9 Å². The number of aryl methyl sites for hydroxylation is 1. The van der Waals surface area contributed by atoms with E-state index >= 15 is 0 Å². The van der Waals surface area contributed by atoms with Gasteiger partial charge in [0.1, 0.15) is 37.0 Å². The van der Waals surface area contributed by atoms with Gasteiger partial charge in [-0.1, -0.05) is 18.2 Å². The minimum atomic E-state index is -1.16. The number of nitrogens with one attached hydrogen (secondary N) is 1. The summed E-state index contributed by atoms with van der Waals surface area (Å²) >= 11 is 0. The minimum Gasteiger partial charge on any atom is -0.491 e. The lowest BCUT2D eigenvalue weighted by Crippen LogP contribution is -2.34. The van der Waals surface area contributed by atoms with Crippen LogP contribution in [0.25, 0.3) is 11.2 Å². The molecule has 1 unspecified atom stereocenters. The molecule has 0 radical (unpaired) electrons. The van der Waals surface area contributed by atoms with Crippen molar-refractivity contribution in [3.8, 4) is 5.75 Å². The molecular weight excluding hydrogens is 402 g/mol. The third kappa shape index (κ3) is 3.83. The maximum Gasteiger partial charge on any atom is 0.167 e. The Morgan fingerprint density at radius 3 is 2.87 bits per heavy atom. The van der Waals surface area contributed by atoms with Crippen LogP contribution in [0.4, 0.5) is 5.82 Å². The Bertz CT molecular complexity index is 1050. The van der Waals surface area contributed by atoms with E-state index in [2.05, 4.69) is 20.3 Å². The summed E-state index contributed by atoms with van der Waals surface area (Å²) in [5, 5.41) is 24.5. The largest absolute Gasteiger partial charge is 0.491 e. The topological polar surface area (TPSA) is 124 Å². The second kappa shape index (κ2) is 8.39. The predicted octanol–water partition coefficient (Wildman–Crippen LogP) is 1.03. The highest BCUT2D eigenvalue weighted by molar-refractivity contribution is 5.82. The van der Waals surface area contributed by atoms with Crippen molar-refractivity contribution in [2.24, 2.45) is 0 Å². The predicted molar refractivity (Wildman–Crippen MR) is 111 cm³/mol. The molecule has 0 spiro atoms. The Morgan fingerprint density at radius 2 is 2.06 bits per heavy atom. The number of rotatable bonds is 6. The Morgan fingerprint density at radius 1 is 1.19 bits per heavy atom. The van der Waals surface area contributed by atoms with Crippen molar-refractivity contribution >= 4 is 17.0 Å². The fourth-order valence-electron chi connectivity index (χ4n) is 3.97. The van der Waals surface area contributed by atoms with Gasteiger partial charge in [0.2, 0.25) is 0 Å². The van der Waals surface area contributed by atoms with Crippen molar-refractivity contribution in [1.29, 1.82) is 0 Å². The Labute approximate surface area is 178 Å². The molecule has 0 amide bonds. The molecule has 2 fully saturated rings. The first-order chi connectivity index (χ1) is 15.1. The molecule has 3 N–H and O–H groups in total. The Balaban J connectivity index is 1.34. The molecular formula is C21H25N5O5. The molecule has 2 aliphatic heterocycles. The van der Waals surface area contributed by atoms with Crippen molar-refractivity contribution in [3.63, 3.8) is 0 Å². The van der Waals surface area contributed by atoms with E-state index in [9.17, 15) is 10.2 Å². The highest BCUT2D eigenvalue weighted by Crippen LogP contribution is 2.33. The number of imidazole rings is 1. The monoisotopic (exact) mass is 427 g/mol. The summed E-state index contributed by atoms with van der Waals surface area (Å²) in [7, 11) is 0. The summed E-state index contributed by atoms with van der Waals surface area (Å²) in [5.41, 5.74) is 2.06. The van der Waals surface area contributed by atoms with Crippen LogP contribution in [0, 0.1) is 6.92 Å². The van der Waals surface area contributed by atoms with E-state index in [1.54, 1.807) is 10.9 Å². The van der Waals surface area contributed by atoms with E-state index in [4.69, 9.17) is 14.2 Å². The molecule has 2 aliphatic rings. The lowest BCUT2D eigenvalue weighted by atomic mass is 10.1. The average Bonchev–Trinajstić information content (AvgIpc) is 3.50. The summed E-state index contributed by atoms with van der Waals surface area (Å²) in [5.74, 6) is 1.32. The van der Waals surface area contributed by atoms with Gasteiger partial charge in [0, 0.05) is 6.61 Å². The molecule has 2 saturated heterocycles. The summed E-state index contributed by atoms with van der Waals surface area (Å²) in [6.07, 6.45) is 0.0655. The van der Waals surface area contributed by atoms with Crippen LogP contribution >= 0.6 is 0 Å². The molecule has 10 heteroatoms. The minimum absolute atomic E-state index is 0.107. The number of hydrogen-bond donors (Lipinski definition) is 3. The van der Waals surface area contributed by atoms with Gasteiger partial charge in [-0.05, 0) is 25.0 Å². The number of fused-ring (bicyclic) bond motifs is 1. The van der Waals surface area contributed by atoms with Gasteiger partial charge in [0.05, 0.1) is 19.0 Å². The highest BCUT2D eigenvalue weighted by Gasteiger charge is 2.44. The van der Waals surface area contributed by atoms with E-state index in [0.29, 0.717) is 35.9 Å². The van der Waals surface area contributed by atoms with Crippen molar-refractivity contribution in [2.45, 2.75) is 43.9 Å². The average molecular weight is 427 g/mol. The molecule has 164 valence electrons. The first-order valence-corrected chi connectivity index (χ1v) is 10.3. The van der Waals surface area contributed by atoms with Crippen molar-refractivity contribution in [2.75, 3.05) is 25.1 Å². The first-order valence-electron chi connectivity index (χ1n) is 10.3. The lowest BCUT2D eigenvalue weighted by molar-refractivity contribution is -0.0475. The number of benzene rings is 1. The molecule has 4 heterocycles. The van der Waals surface area contributed by atoms with E-state index in [1.807, 2.05) is 31.2 Å². The first kappa shape index (κ1) is 20.1. The number of aliphatic hydroxyl groups excluding tert-OH is 2. The smallest absolute Gasteiger partial charge is 0.167 e. The zero-order valence-corrected chi connectivity index (χ0v) is 17.1. The van der Waals surface area contributed by atoms with Gasteiger partial charge in [-0.25, -0.2) is 15.0 Å². The van der Waals surface area contributed by atoms with Gasteiger partial charge in [0.15, 0.2) is 23.2 Å². The Kier molecular flexibility index (Phi) is 5.45. The van der Waals surface area contributed by atoms with E-state index in [-0.39, 0.29) is 12.6 Å². The maximum atomic E-state index is 10.7. The zero-order chi connectivity index (χ0) is 21.4. The SMILES string of the molecule is Cc1ccccc1OC[C@H]1O[C@@H](n2cnc3c(NC4CCOC4)ncnc32)[C@@H](O)[C@H]1O. The fourth-order valence-corrected chi connectivity index (χ4v) is 3.97. The lowest BCUT2D eigenvalue weighted by Gasteiger charge is -2.17. The molecule has 0 bridgehead atoms. The van der Waals surface area contributed by atoms with Gasteiger partial charge in [-0.2, -0.15) is 0 Å². The van der Waals surface area contributed by atoms with Gasteiger partial charge in [-0.15, -0.1) is 0 Å². The fraction of sp³-hybridized carbons (Fsp3) is 0.476. The van der Waals surface area contributed by atoms with Crippen molar-refractivity contribution < 1.29 is 24.4 Å². The van der Waals surface area contributed by atoms with Gasteiger partial charge in [0.25, 0.3) is 0 Å². The molecule has 5 rings (SSSR count). The molecule has 3 aromatic rings. The van der Waals surface area contributed by atoms with Gasteiger partial charge < -0.3 is 29.7 Å². The van der Waals surface area contributed by atoms with Crippen molar-refractivity contribution in [1.82, 2.24) is 19.5 Å².